The van der Waals surface area contributed by atoms with E-state index in [1.165, 1.54) is 19.3 Å². The first-order chi connectivity index (χ1) is 9.95. The lowest BCUT2D eigenvalue weighted by Crippen LogP contribution is -2.52. The standard InChI is InChI=1S/C16H30N2O3/c1-5-21-15(19)11-18(12(2)3)13(4)16(20)17-14-9-7-6-8-10-14/h12-14H,5-11H2,1-4H3,(H,17,20). The van der Waals surface area contributed by atoms with Crippen LogP contribution >= 0.6 is 0 Å². The minimum atomic E-state index is -0.323. The van der Waals surface area contributed by atoms with E-state index in [-0.39, 0.29) is 30.5 Å². The second kappa shape index (κ2) is 9.03. The van der Waals surface area contributed by atoms with Gasteiger partial charge in [0.15, 0.2) is 0 Å². The monoisotopic (exact) mass is 298 g/mol. The summed E-state index contributed by atoms with van der Waals surface area (Å²) in [5.74, 6) is -0.261. The van der Waals surface area contributed by atoms with Crippen LogP contribution in [0.5, 0.6) is 0 Å². The van der Waals surface area contributed by atoms with E-state index >= 15 is 0 Å². The number of nitrogens with one attached hydrogen (secondary N) is 1. The van der Waals surface area contributed by atoms with E-state index in [9.17, 15) is 9.59 Å². The zero-order valence-electron chi connectivity index (χ0n) is 13.9. The molecule has 1 atom stereocenters. The summed E-state index contributed by atoms with van der Waals surface area (Å²) in [7, 11) is 0. The third kappa shape index (κ3) is 6.04. The number of nitrogens with zero attached hydrogens (tertiary/aromatic N) is 1. The lowest BCUT2D eigenvalue weighted by Gasteiger charge is -2.32. The Morgan fingerprint density at radius 2 is 1.81 bits per heavy atom. The molecule has 1 saturated carbocycles. The molecule has 1 aliphatic rings. The molecule has 21 heavy (non-hydrogen) atoms. The van der Waals surface area contributed by atoms with Gasteiger partial charge in [-0.25, -0.2) is 0 Å². The molecule has 0 aliphatic heterocycles. The van der Waals surface area contributed by atoms with E-state index in [2.05, 4.69) is 5.32 Å². The highest BCUT2D eigenvalue weighted by Gasteiger charge is 2.27. The van der Waals surface area contributed by atoms with Crippen LogP contribution < -0.4 is 5.32 Å². The maximum Gasteiger partial charge on any atom is 0.320 e. The third-order valence-corrected chi connectivity index (χ3v) is 4.11. The number of amides is 1. The van der Waals surface area contributed by atoms with E-state index in [4.69, 9.17) is 4.74 Å². The second-order valence-electron chi connectivity index (χ2n) is 6.09. The number of hydrogen-bond donors (Lipinski definition) is 1. The Kier molecular flexibility index (Phi) is 7.72. The van der Waals surface area contributed by atoms with Crippen molar-refractivity contribution < 1.29 is 14.3 Å². The Balaban J connectivity index is 2.55. The first-order valence-electron chi connectivity index (χ1n) is 8.17. The maximum absolute atomic E-state index is 12.4. The molecule has 0 aromatic rings. The minimum Gasteiger partial charge on any atom is -0.465 e. The van der Waals surface area contributed by atoms with Crippen LogP contribution in [-0.4, -0.2) is 48.1 Å². The topological polar surface area (TPSA) is 58.6 Å². The van der Waals surface area contributed by atoms with Crippen LogP contribution in [0.3, 0.4) is 0 Å². The Morgan fingerprint density at radius 3 is 2.33 bits per heavy atom. The quantitative estimate of drug-likeness (QED) is 0.731. The highest BCUT2D eigenvalue weighted by atomic mass is 16.5. The van der Waals surface area contributed by atoms with Gasteiger partial charge in [-0.05, 0) is 40.5 Å². The normalized spacial score (nSPS) is 17.8. The zero-order valence-corrected chi connectivity index (χ0v) is 13.9. The molecule has 1 N–H and O–H groups in total. The average molecular weight is 298 g/mol. The molecule has 1 unspecified atom stereocenters. The van der Waals surface area contributed by atoms with Crippen LogP contribution in [0.15, 0.2) is 0 Å². The Labute approximate surface area is 128 Å². The fourth-order valence-electron chi connectivity index (χ4n) is 2.84. The molecule has 0 aromatic carbocycles. The van der Waals surface area contributed by atoms with E-state index in [0.29, 0.717) is 12.6 Å². The van der Waals surface area contributed by atoms with Gasteiger partial charge >= 0.3 is 5.97 Å². The number of hydrogen-bond acceptors (Lipinski definition) is 4. The van der Waals surface area contributed by atoms with Crippen molar-refractivity contribution in [2.45, 2.75) is 77.9 Å². The molecule has 1 rings (SSSR count). The van der Waals surface area contributed by atoms with Crippen molar-refractivity contribution in [1.29, 1.82) is 0 Å². The van der Waals surface area contributed by atoms with Gasteiger partial charge in [0.1, 0.15) is 0 Å². The molecular formula is C16H30N2O3. The van der Waals surface area contributed by atoms with E-state index in [1.54, 1.807) is 6.92 Å². The van der Waals surface area contributed by atoms with Crippen LogP contribution in [0, 0.1) is 0 Å². The molecular weight excluding hydrogens is 268 g/mol. The van der Waals surface area contributed by atoms with Gasteiger partial charge < -0.3 is 10.1 Å². The molecule has 0 heterocycles. The smallest absolute Gasteiger partial charge is 0.320 e. The fraction of sp³-hybridized carbons (Fsp3) is 0.875. The molecule has 0 aromatic heterocycles. The van der Waals surface area contributed by atoms with Gasteiger partial charge in [-0.15, -0.1) is 0 Å². The molecule has 122 valence electrons. The molecule has 1 aliphatic carbocycles. The van der Waals surface area contributed by atoms with Crippen molar-refractivity contribution in [1.82, 2.24) is 10.2 Å². The number of esters is 1. The van der Waals surface area contributed by atoms with Gasteiger partial charge in [0.05, 0.1) is 19.2 Å². The summed E-state index contributed by atoms with van der Waals surface area (Å²) >= 11 is 0. The lowest BCUT2D eigenvalue weighted by atomic mass is 9.95. The van der Waals surface area contributed by atoms with E-state index < -0.39 is 0 Å². The van der Waals surface area contributed by atoms with Crippen molar-refractivity contribution in [3.8, 4) is 0 Å². The van der Waals surface area contributed by atoms with Crippen molar-refractivity contribution in [2.24, 2.45) is 0 Å². The van der Waals surface area contributed by atoms with Gasteiger partial charge in [0.2, 0.25) is 5.91 Å². The second-order valence-corrected chi connectivity index (χ2v) is 6.09. The van der Waals surface area contributed by atoms with Crippen molar-refractivity contribution in [3.63, 3.8) is 0 Å². The summed E-state index contributed by atoms with van der Waals surface area (Å²) in [4.78, 5) is 26.0. The first kappa shape index (κ1) is 18.0. The lowest BCUT2D eigenvalue weighted by molar-refractivity contribution is -0.146. The zero-order chi connectivity index (χ0) is 15.8. The van der Waals surface area contributed by atoms with Crippen LogP contribution in [0.25, 0.3) is 0 Å². The third-order valence-electron chi connectivity index (χ3n) is 4.11. The predicted molar refractivity (Wildman–Crippen MR) is 83.0 cm³/mol. The predicted octanol–water partition coefficient (Wildman–Crippen LogP) is 2.10. The molecule has 0 spiro atoms. The number of rotatable bonds is 7. The number of carbonyl (C=O) groups is 2. The van der Waals surface area contributed by atoms with Crippen molar-refractivity contribution in [2.75, 3.05) is 13.2 Å². The minimum absolute atomic E-state index is 0.0138. The van der Waals surface area contributed by atoms with E-state index in [1.807, 2.05) is 25.7 Å². The highest BCUT2D eigenvalue weighted by Crippen LogP contribution is 2.18. The molecule has 5 heteroatoms. The van der Waals surface area contributed by atoms with Gasteiger partial charge in [-0.2, -0.15) is 0 Å². The van der Waals surface area contributed by atoms with Crippen LogP contribution in [0.1, 0.15) is 59.8 Å². The average Bonchev–Trinajstić information content (AvgIpc) is 2.45. The molecule has 0 saturated heterocycles. The molecule has 0 radical (unpaired) electrons. The maximum atomic E-state index is 12.4. The summed E-state index contributed by atoms with van der Waals surface area (Å²) < 4.78 is 4.99. The van der Waals surface area contributed by atoms with Crippen molar-refractivity contribution in [3.05, 3.63) is 0 Å². The summed E-state index contributed by atoms with van der Waals surface area (Å²) in [6.45, 7) is 8.15. The molecule has 0 bridgehead atoms. The summed E-state index contributed by atoms with van der Waals surface area (Å²) in [6, 6.07) is 0.0863. The summed E-state index contributed by atoms with van der Waals surface area (Å²) in [6.07, 6.45) is 5.78. The van der Waals surface area contributed by atoms with Gasteiger partial charge in [-0.3, -0.25) is 14.5 Å². The summed E-state index contributed by atoms with van der Waals surface area (Å²) in [5.41, 5.74) is 0. The SMILES string of the molecule is CCOC(=O)CN(C(C)C)C(C)C(=O)NC1CCCCC1. The van der Waals surface area contributed by atoms with Gasteiger partial charge in [0.25, 0.3) is 0 Å². The van der Waals surface area contributed by atoms with Gasteiger partial charge in [-0.1, -0.05) is 19.3 Å². The Hall–Kier alpha value is -1.10. The first-order valence-corrected chi connectivity index (χ1v) is 8.17. The number of ether oxygens (including phenoxy) is 1. The number of carbonyl (C=O) groups excluding carboxylic acids is 2. The molecule has 1 fully saturated rings. The van der Waals surface area contributed by atoms with Crippen LogP contribution in [0.2, 0.25) is 0 Å². The highest BCUT2D eigenvalue weighted by molar-refractivity contribution is 5.82. The van der Waals surface area contributed by atoms with Crippen LogP contribution in [0.4, 0.5) is 0 Å². The summed E-state index contributed by atoms with van der Waals surface area (Å²) in [5, 5.41) is 3.13. The van der Waals surface area contributed by atoms with Crippen molar-refractivity contribution >= 4 is 11.9 Å². The molecule has 5 nitrogen and oxygen atoms in total. The molecule has 1 amide bonds. The Bertz CT molecular complexity index is 338. The fourth-order valence-corrected chi connectivity index (χ4v) is 2.84. The van der Waals surface area contributed by atoms with Gasteiger partial charge in [0, 0.05) is 12.1 Å². The van der Waals surface area contributed by atoms with Crippen LogP contribution in [-0.2, 0) is 14.3 Å². The Morgan fingerprint density at radius 1 is 1.19 bits per heavy atom. The largest absolute Gasteiger partial charge is 0.465 e. The van der Waals surface area contributed by atoms with E-state index in [0.717, 1.165) is 12.8 Å².